The van der Waals surface area contributed by atoms with E-state index in [0.717, 1.165) is 18.7 Å². The van der Waals surface area contributed by atoms with Crippen LogP contribution in [-0.4, -0.2) is 65.6 Å². The molecule has 1 aromatic carbocycles. The number of halogens is 1. The second-order valence-electron chi connectivity index (χ2n) is 5.38. The molecule has 1 aliphatic rings. The monoisotopic (exact) mass is 338 g/mol. The molecule has 0 spiro atoms. The summed E-state index contributed by atoms with van der Waals surface area (Å²) in [7, 11) is 0. The summed E-state index contributed by atoms with van der Waals surface area (Å²) in [6.07, 6.45) is -0.519. The maximum absolute atomic E-state index is 10.1. The quantitative estimate of drug-likeness (QED) is 0.825. The number of rotatable bonds is 6. The van der Waals surface area contributed by atoms with Gasteiger partial charge in [0.15, 0.2) is 0 Å². The zero-order valence-corrected chi connectivity index (χ0v) is 13.4. The number of hydrogen-bond acceptors (Lipinski definition) is 7. The molecule has 0 aliphatic carbocycles. The Labute approximate surface area is 139 Å². The maximum Gasteiger partial charge on any atom is 0.321 e. The van der Waals surface area contributed by atoms with Gasteiger partial charge in [0.05, 0.1) is 19.3 Å². The Bertz CT molecular complexity index is 631. The molecule has 0 radical (unpaired) electrons. The molecule has 1 atom stereocenters. The van der Waals surface area contributed by atoms with Crippen LogP contribution in [0.15, 0.2) is 28.8 Å². The second kappa shape index (κ2) is 7.74. The van der Waals surface area contributed by atoms with E-state index in [9.17, 15) is 5.11 Å². The highest BCUT2D eigenvalue weighted by atomic mass is 35.5. The van der Waals surface area contributed by atoms with Crippen LogP contribution < -0.4 is 5.32 Å². The first-order valence-corrected chi connectivity index (χ1v) is 7.90. The van der Waals surface area contributed by atoms with Crippen LogP contribution in [0.2, 0.25) is 5.02 Å². The van der Waals surface area contributed by atoms with Crippen molar-refractivity contribution in [2.45, 2.75) is 6.10 Å². The van der Waals surface area contributed by atoms with E-state index in [1.54, 1.807) is 12.1 Å². The molecule has 124 valence electrons. The number of nitrogens with zero attached hydrogens (tertiary/aromatic N) is 3. The van der Waals surface area contributed by atoms with Crippen molar-refractivity contribution in [2.75, 3.05) is 44.7 Å². The van der Waals surface area contributed by atoms with E-state index in [2.05, 4.69) is 20.4 Å². The summed E-state index contributed by atoms with van der Waals surface area (Å²) in [6.45, 7) is 4.05. The van der Waals surface area contributed by atoms with Gasteiger partial charge in [-0.05, 0) is 12.1 Å². The first kappa shape index (κ1) is 16.2. The molecule has 0 bridgehead atoms. The number of β-amino-alcohol motifs (C(OH)–C–C–N with tert-alkyl or cyclic N) is 1. The number of benzene rings is 1. The molecular weight excluding hydrogens is 320 g/mol. The van der Waals surface area contributed by atoms with Gasteiger partial charge in [0, 0.05) is 36.8 Å². The van der Waals surface area contributed by atoms with Crippen molar-refractivity contribution in [1.82, 2.24) is 15.0 Å². The lowest BCUT2D eigenvalue weighted by Gasteiger charge is -2.28. The molecule has 0 amide bonds. The Balaban J connectivity index is 1.50. The van der Waals surface area contributed by atoms with Gasteiger partial charge in [-0.25, -0.2) is 0 Å². The van der Waals surface area contributed by atoms with E-state index < -0.39 is 6.10 Å². The summed E-state index contributed by atoms with van der Waals surface area (Å²) >= 11 is 5.95. The SMILES string of the molecule is O[C@H](CNc1nc(-c2cccc(Cl)c2)no1)CN1CCOCC1. The average Bonchev–Trinajstić information content (AvgIpc) is 3.03. The van der Waals surface area contributed by atoms with E-state index in [1.165, 1.54) is 0 Å². The summed E-state index contributed by atoms with van der Waals surface area (Å²) in [5.74, 6) is 0.456. The molecule has 1 aliphatic heterocycles. The molecule has 2 N–H and O–H groups in total. The Hall–Kier alpha value is -1.67. The highest BCUT2D eigenvalue weighted by molar-refractivity contribution is 6.30. The third-order valence-corrected chi connectivity index (χ3v) is 3.81. The number of hydrogen-bond donors (Lipinski definition) is 2. The minimum absolute atomic E-state index is 0.279. The molecule has 1 fully saturated rings. The van der Waals surface area contributed by atoms with E-state index in [4.69, 9.17) is 20.9 Å². The Kier molecular flexibility index (Phi) is 5.45. The Morgan fingerprint density at radius 2 is 2.17 bits per heavy atom. The first-order chi connectivity index (χ1) is 11.2. The Morgan fingerprint density at radius 1 is 1.35 bits per heavy atom. The molecule has 23 heavy (non-hydrogen) atoms. The minimum Gasteiger partial charge on any atom is -0.390 e. The summed E-state index contributed by atoms with van der Waals surface area (Å²) in [5, 5.41) is 17.5. The number of aromatic nitrogens is 2. The fourth-order valence-electron chi connectivity index (χ4n) is 2.39. The van der Waals surface area contributed by atoms with Crippen LogP contribution in [0, 0.1) is 0 Å². The molecule has 2 heterocycles. The standard InChI is InChI=1S/C15H19ClN4O3/c16-12-3-1-2-11(8-12)14-18-15(23-19-14)17-9-13(21)10-20-4-6-22-7-5-20/h1-3,8,13,21H,4-7,9-10H2,(H,17,18,19)/t13-/m1/s1. The van der Waals surface area contributed by atoms with Crippen molar-refractivity contribution in [3.8, 4) is 11.4 Å². The van der Waals surface area contributed by atoms with E-state index in [0.29, 0.717) is 37.2 Å². The average molecular weight is 339 g/mol. The number of nitrogens with one attached hydrogen (secondary N) is 1. The highest BCUT2D eigenvalue weighted by Crippen LogP contribution is 2.21. The largest absolute Gasteiger partial charge is 0.390 e. The molecule has 1 aromatic heterocycles. The summed E-state index contributed by atoms with van der Waals surface area (Å²) < 4.78 is 10.4. The fourth-order valence-corrected chi connectivity index (χ4v) is 2.58. The van der Waals surface area contributed by atoms with E-state index in [1.807, 2.05) is 12.1 Å². The molecule has 1 saturated heterocycles. The smallest absolute Gasteiger partial charge is 0.321 e. The van der Waals surface area contributed by atoms with Crippen molar-refractivity contribution < 1.29 is 14.4 Å². The van der Waals surface area contributed by atoms with Crippen LogP contribution in [0.5, 0.6) is 0 Å². The zero-order chi connectivity index (χ0) is 16.1. The molecule has 3 rings (SSSR count). The number of morpholine rings is 1. The van der Waals surface area contributed by atoms with Crippen LogP contribution in [0.3, 0.4) is 0 Å². The number of aliphatic hydroxyl groups is 1. The van der Waals surface area contributed by atoms with Crippen LogP contribution >= 0.6 is 11.6 Å². The lowest BCUT2D eigenvalue weighted by Crippen LogP contribution is -2.42. The zero-order valence-electron chi connectivity index (χ0n) is 12.6. The van der Waals surface area contributed by atoms with Gasteiger partial charge in [-0.15, -0.1) is 0 Å². The molecule has 0 saturated carbocycles. The number of anilines is 1. The summed E-state index contributed by atoms with van der Waals surface area (Å²) in [5.41, 5.74) is 0.781. The maximum atomic E-state index is 10.1. The van der Waals surface area contributed by atoms with Gasteiger partial charge in [0.25, 0.3) is 0 Å². The third-order valence-electron chi connectivity index (χ3n) is 3.57. The van der Waals surface area contributed by atoms with Gasteiger partial charge in [-0.3, -0.25) is 4.90 Å². The van der Waals surface area contributed by atoms with Gasteiger partial charge in [-0.1, -0.05) is 28.9 Å². The molecule has 8 heteroatoms. The van der Waals surface area contributed by atoms with Crippen molar-refractivity contribution in [1.29, 1.82) is 0 Å². The van der Waals surface area contributed by atoms with Crippen LogP contribution in [0.25, 0.3) is 11.4 Å². The molecular formula is C15H19ClN4O3. The second-order valence-corrected chi connectivity index (χ2v) is 5.82. The number of ether oxygens (including phenoxy) is 1. The van der Waals surface area contributed by atoms with Crippen molar-refractivity contribution in [3.05, 3.63) is 29.3 Å². The minimum atomic E-state index is -0.519. The summed E-state index contributed by atoms with van der Waals surface area (Å²) in [6, 6.07) is 7.51. The molecule has 7 nitrogen and oxygen atoms in total. The Morgan fingerprint density at radius 3 is 2.96 bits per heavy atom. The lowest BCUT2D eigenvalue weighted by molar-refractivity contribution is 0.0170. The van der Waals surface area contributed by atoms with E-state index >= 15 is 0 Å². The predicted octanol–water partition coefficient (Wildman–Crippen LogP) is 1.49. The molecule has 0 unspecified atom stereocenters. The van der Waals surface area contributed by atoms with Crippen LogP contribution in [-0.2, 0) is 4.74 Å². The fraction of sp³-hybridized carbons (Fsp3) is 0.467. The topological polar surface area (TPSA) is 83.7 Å². The molecule has 2 aromatic rings. The van der Waals surface area contributed by atoms with Crippen LogP contribution in [0.4, 0.5) is 6.01 Å². The van der Waals surface area contributed by atoms with Crippen molar-refractivity contribution in [3.63, 3.8) is 0 Å². The predicted molar refractivity (Wildman–Crippen MR) is 86.5 cm³/mol. The summed E-state index contributed by atoms with van der Waals surface area (Å²) in [4.78, 5) is 6.42. The van der Waals surface area contributed by atoms with Crippen molar-refractivity contribution >= 4 is 17.6 Å². The normalized spacial score (nSPS) is 17.1. The van der Waals surface area contributed by atoms with E-state index in [-0.39, 0.29) is 6.01 Å². The van der Waals surface area contributed by atoms with Gasteiger partial charge in [0.1, 0.15) is 0 Å². The van der Waals surface area contributed by atoms with Gasteiger partial charge in [-0.2, -0.15) is 4.98 Å². The first-order valence-electron chi connectivity index (χ1n) is 7.52. The van der Waals surface area contributed by atoms with Gasteiger partial charge in [0.2, 0.25) is 5.82 Å². The van der Waals surface area contributed by atoms with Gasteiger partial charge >= 0.3 is 6.01 Å². The van der Waals surface area contributed by atoms with Crippen molar-refractivity contribution in [2.24, 2.45) is 0 Å². The number of aliphatic hydroxyl groups excluding tert-OH is 1. The van der Waals surface area contributed by atoms with Gasteiger partial charge < -0.3 is 19.7 Å². The van der Waals surface area contributed by atoms with Crippen LogP contribution in [0.1, 0.15) is 0 Å². The lowest BCUT2D eigenvalue weighted by atomic mass is 10.2. The highest BCUT2D eigenvalue weighted by Gasteiger charge is 2.16. The third kappa shape index (κ3) is 4.65.